The Balaban J connectivity index is 2.20. The van der Waals surface area contributed by atoms with Crippen LogP contribution in [0.2, 0.25) is 5.02 Å². The minimum absolute atomic E-state index is 0.111. The molecule has 1 heterocycles. The monoisotopic (exact) mass is 428 g/mol. The Hall–Kier alpha value is -2.78. The first-order valence-corrected chi connectivity index (χ1v) is 8.76. The Bertz CT molecular complexity index is 936. The van der Waals surface area contributed by atoms with Crippen molar-refractivity contribution in [1.29, 1.82) is 0 Å². The first-order valence-electron chi connectivity index (χ1n) is 8.39. The van der Waals surface area contributed by atoms with E-state index in [2.05, 4.69) is 5.32 Å². The number of ketones is 1. The number of urea groups is 1. The third kappa shape index (κ3) is 3.75. The fourth-order valence-corrected chi connectivity index (χ4v) is 3.44. The zero-order valence-electron chi connectivity index (χ0n) is 15.0. The number of alkyl halides is 3. The van der Waals surface area contributed by atoms with Gasteiger partial charge >= 0.3 is 12.2 Å². The molecule has 3 atom stereocenters. The van der Waals surface area contributed by atoms with Crippen molar-refractivity contribution in [3.63, 3.8) is 0 Å². The summed E-state index contributed by atoms with van der Waals surface area (Å²) in [5.74, 6) is -3.03. The fourth-order valence-electron chi connectivity index (χ4n) is 3.32. The van der Waals surface area contributed by atoms with Gasteiger partial charge in [-0.25, -0.2) is 4.79 Å². The maximum Gasteiger partial charge on any atom is 0.437 e. The van der Waals surface area contributed by atoms with E-state index in [0.29, 0.717) is 0 Å². The van der Waals surface area contributed by atoms with Crippen LogP contribution < -0.4 is 15.4 Å². The lowest BCUT2D eigenvalue weighted by Gasteiger charge is -2.45. The lowest BCUT2D eigenvalue weighted by molar-refractivity contribution is -0.287. The Morgan fingerprint density at radius 1 is 1.17 bits per heavy atom. The van der Waals surface area contributed by atoms with E-state index in [-0.39, 0.29) is 21.9 Å². The molecule has 2 aromatic carbocycles. The third-order valence-electron chi connectivity index (χ3n) is 4.69. The molecule has 0 aliphatic carbocycles. The van der Waals surface area contributed by atoms with Crippen LogP contribution in [-0.4, -0.2) is 35.9 Å². The fraction of sp³-hybridized carbons (Fsp3) is 0.263. The first kappa shape index (κ1) is 20.9. The highest BCUT2D eigenvalue weighted by molar-refractivity contribution is 6.30. The number of benzene rings is 2. The van der Waals surface area contributed by atoms with Gasteiger partial charge in [0.25, 0.3) is 0 Å². The number of nitrogens with one attached hydrogen (secondary N) is 2. The normalized spacial score (nSPS) is 24.4. The van der Waals surface area contributed by atoms with Gasteiger partial charge in [-0.1, -0.05) is 29.8 Å². The summed E-state index contributed by atoms with van der Waals surface area (Å²) in [6.45, 7) is 0. The largest absolute Gasteiger partial charge is 0.496 e. The summed E-state index contributed by atoms with van der Waals surface area (Å²) in [7, 11) is 1.30. The Labute approximate surface area is 168 Å². The number of carbonyl (C=O) groups excluding carboxylic acids is 2. The second kappa shape index (κ2) is 7.57. The van der Waals surface area contributed by atoms with Crippen molar-refractivity contribution in [3.05, 3.63) is 64.7 Å². The molecular weight excluding hydrogens is 413 g/mol. The Morgan fingerprint density at radius 3 is 2.38 bits per heavy atom. The number of aliphatic hydroxyl groups is 1. The van der Waals surface area contributed by atoms with Crippen LogP contribution in [0.3, 0.4) is 0 Å². The molecule has 0 unspecified atom stereocenters. The predicted octanol–water partition coefficient (Wildman–Crippen LogP) is 3.45. The number of halogens is 4. The molecule has 29 heavy (non-hydrogen) atoms. The number of methoxy groups -OCH3 is 1. The Morgan fingerprint density at radius 2 is 1.79 bits per heavy atom. The van der Waals surface area contributed by atoms with E-state index in [1.165, 1.54) is 54.9 Å². The van der Waals surface area contributed by atoms with Crippen LogP contribution in [0.4, 0.5) is 18.0 Å². The second-order valence-corrected chi connectivity index (χ2v) is 6.87. The number of amides is 2. The molecule has 1 fully saturated rings. The molecule has 2 aromatic rings. The van der Waals surface area contributed by atoms with Gasteiger partial charge in [0.1, 0.15) is 11.7 Å². The molecule has 0 bridgehead atoms. The van der Waals surface area contributed by atoms with Gasteiger partial charge in [0.15, 0.2) is 5.78 Å². The minimum Gasteiger partial charge on any atom is -0.496 e. The lowest BCUT2D eigenvalue weighted by Crippen LogP contribution is -2.72. The zero-order valence-corrected chi connectivity index (χ0v) is 15.7. The standard InChI is InChI=1S/C19H16ClF3N2O4/c1-29-13-5-3-2-4-12(13)15-14(16(26)10-6-8-11(20)9-7-10)18(28,19(21,22)23)25-17(27)24-15/h2-9,14-15,28H,1H3,(H2,24,25,27)/t14-,15+,18-/m0/s1. The molecule has 2 amide bonds. The van der Waals surface area contributed by atoms with Gasteiger partial charge in [-0.2, -0.15) is 13.2 Å². The number of hydrogen-bond acceptors (Lipinski definition) is 4. The number of ether oxygens (including phenoxy) is 1. The molecule has 0 saturated carbocycles. The molecule has 154 valence electrons. The summed E-state index contributed by atoms with van der Waals surface area (Å²) < 4.78 is 46.8. The van der Waals surface area contributed by atoms with E-state index in [0.717, 1.165) is 0 Å². The maximum atomic E-state index is 13.9. The summed E-state index contributed by atoms with van der Waals surface area (Å²) in [6, 6.07) is 8.36. The molecule has 1 aliphatic heterocycles. The van der Waals surface area contributed by atoms with Crippen LogP contribution in [0.5, 0.6) is 5.75 Å². The van der Waals surface area contributed by atoms with Crippen molar-refractivity contribution >= 4 is 23.4 Å². The minimum atomic E-state index is -5.34. The van der Waals surface area contributed by atoms with E-state index in [9.17, 15) is 27.9 Å². The van der Waals surface area contributed by atoms with Crippen LogP contribution in [0, 0.1) is 5.92 Å². The van der Waals surface area contributed by atoms with Crippen LogP contribution in [-0.2, 0) is 0 Å². The van der Waals surface area contributed by atoms with Crippen LogP contribution >= 0.6 is 11.6 Å². The van der Waals surface area contributed by atoms with E-state index >= 15 is 0 Å². The van der Waals surface area contributed by atoms with Crippen LogP contribution in [0.25, 0.3) is 0 Å². The quantitative estimate of drug-likeness (QED) is 0.651. The molecule has 0 aromatic heterocycles. The molecule has 6 nitrogen and oxygen atoms in total. The SMILES string of the molecule is COc1ccccc1[C@H]1NC(=O)N[C@@](O)(C(F)(F)F)[C@@H]1C(=O)c1ccc(Cl)cc1. The summed E-state index contributed by atoms with van der Waals surface area (Å²) in [4.78, 5) is 25.1. The number of hydrogen-bond donors (Lipinski definition) is 3. The highest BCUT2D eigenvalue weighted by Crippen LogP contribution is 2.45. The predicted molar refractivity (Wildman–Crippen MR) is 97.7 cm³/mol. The van der Waals surface area contributed by atoms with E-state index in [1.54, 1.807) is 6.07 Å². The molecular formula is C19H16ClF3N2O4. The molecule has 10 heteroatoms. The van der Waals surface area contributed by atoms with Crippen molar-refractivity contribution in [2.75, 3.05) is 7.11 Å². The van der Waals surface area contributed by atoms with E-state index < -0.39 is 35.7 Å². The number of carbonyl (C=O) groups is 2. The average Bonchev–Trinajstić information content (AvgIpc) is 2.66. The van der Waals surface area contributed by atoms with Gasteiger partial charge in [0.05, 0.1) is 13.2 Å². The van der Waals surface area contributed by atoms with Gasteiger partial charge < -0.3 is 20.5 Å². The highest BCUT2D eigenvalue weighted by Gasteiger charge is 2.66. The lowest BCUT2D eigenvalue weighted by atomic mass is 9.77. The van der Waals surface area contributed by atoms with Crippen LogP contribution in [0.1, 0.15) is 22.0 Å². The smallest absolute Gasteiger partial charge is 0.437 e. The number of para-hydroxylation sites is 1. The van der Waals surface area contributed by atoms with Gasteiger partial charge in [-0.15, -0.1) is 0 Å². The molecule has 1 saturated heterocycles. The summed E-state index contributed by atoms with van der Waals surface area (Å²) in [5.41, 5.74) is -3.81. The summed E-state index contributed by atoms with van der Waals surface area (Å²) in [5, 5.41) is 14.6. The van der Waals surface area contributed by atoms with Crippen molar-refractivity contribution in [2.24, 2.45) is 5.92 Å². The molecule has 0 radical (unpaired) electrons. The topological polar surface area (TPSA) is 87.7 Å². The van der Waals surface area contributed by atoms with E-state index in [4.69, 9.17) is 16.3 Å². The molecule has 0 spiro atoms. The summed E-state index contributed by atoms with van der Waals surface area (Å²) in [6.07, 6.45) is -5.34. The van der Waals surface area contributed by atoms with Crippen molar-refractivity contribution < 1.29 is 32.6 Å². The number of rotatable bonds is 4. The van der Waals surface area contributed by atoms with Gasteiger partial charge in [-0.05, 0) is 30.3 Å². The zero-order chi connectivity index (χ0) is 21.4. The molecule has 1 aliphatic rings. The van der Waals surface area contributed by atoms with Crippen molar-refractivity contribution in [1.82, 2.24) is 10.6 Å². The summed E-state index contributed by atoms with van der Waals surface area (Å²) >= 11 is 5.79. The average molecular weight is 429 g/mol. The van der Waals surface area contributed by atoms with Crippen LogP contribution in [0.15, 0.2) is 48.5 Å². The maximum absolute atomic E-state index is 13.9. The van der Waals surface area contributed by atoms with Gasteiger partial charge in [-0.3, -0.25) is 4.79 Å². The third-order valence-corrected chi connectivity index (χ3v) is 4.94. The van der Waals surface area contributed by atoms with Gasteiger partial charge in [0, 0.05) is 16.1 Å². The highest BCUT2D eigenvalue weighted by atomic mass is 35.5. The molecule has 3 N–H and O–H groups in total. The first-order chi connectivity index (χ1) is 13.6. The Kier molecular flexibility index (Phi) is 5.46. The van der Waals surface area contributed by atoms with Crippen molar-refractivity contribution in [3.8, 4) is 5.75 Å². The van der Waals surface area contributed by atoms with Gasteiger partial charge in [0.2, 0.25) is 5.72 Å². The van der Waals surface area contributed by atoms with E-state index in [1.807, 2.05) is 0 Å². The second-order valence-electron chi connectivity index (χ2n) is 6.43. The molecule has 3 rings (SSSR count). The number of Topliss-reactive ketones (excluding diaryl/α,β-unsaturated/α-hetero) is 1. The van der Waals surface area contributed by atoms with Crippen molar-refractivity contribution in [2.45, 2.75) is 17.9 Å².